The maximum absolute atomic E-state index is 14.2. The minimum absolute atomic E-state index is 0.130. The van der Waals surface area contributed by atoms with E-state index in [1.54, 1.807) is 26.1 Å². The Morgan fingerprint density at radius 1 is 1.50 bits per heavy atom. The molecule has 5 heteroatoms. The fourth-order valence-electron chi connectivity index (χ4n) is 1.63. The van der Waals surface area contributed by atoms with Crippen molar-refractivity contribution in [1.82, 2.24) is 0 Å². The van der Waals surface area contributed by atoms with E-state index in [2.05, 4.69) is 5.32 Å². The highest BCUT2D eigenvalue weighted by Crippen LogP contribution is 2.27. The second-order valence-corrected chi connectivity index (χ2v) is 3.63. The highest BCUT2D eigenvalue weighted by atomic mass is 19.1. The molecule has 1 amide bonds. The van der Waals surface area contributed by atoms with Gasteiger partial charge < -0.3 is 10.7 Å². The van der Waals surface area contributed by atoms with Crippen molar-refractivity contribution in [2.45, 2.75) is 13.8 Å². The first-order valence-corrected chi connectivity index (χ1v) is 5.50. The summed E-state index contributed by atoms with van der Waals surface area (Å²) in [6.45, 7) is 3.10. The summed E-state index contributed by atoms with van der Waals surface area (Å²) in [5, 5.41) is 10.1. The number of nitrogens with one attached hydrogen (secondary N) is 2. The zero-order valence-electron chi connectivity index (χ0n) is 10.6. The average Bonchev–Trinajstić information content (AvgIpc) is 2.35. The third kappa shape index (κ3) is 2.56. The molecule has 0 aliphatic rings. The lowest BCUT2D eigenvalue weighted by Gasteiger charge is -2.19. The summed E-state index contributed by atoms with van der Waals surface area (Å²) in [6, 6.07) is 3.15. The number of rotatable bonds is 4. The Morgan fingerprint density at radius 2 is 2.17 bits per heavy atom. The molecule has 1 aromatic rings. The molecule has 0 bridgehead atoms. The first-order chi connectivity index (χ1) is 8.56. The van der Waals surface area contributed by atoms with Gasteiger partial charge >= 0.3 is 0 Å². The summed E-state index contributed by atoms with van der Waals surface area (Å²) < 4.78 is 14.2. The van der Waals surface area contributed by atoms with Gasteiger partial charge in [0.15, 0.2) is 5.82 Å². The van der Waals surface area contributed by atoms with Crippen molar-refractivity contribution < 1.29 is 9.18 Å². The van der Waals surface area contributed by atoms with E-state index in [-0.39, 0.29) is 17.2 Å². The molecule has 0 aliphatic heterocycles. The van der Waals surface area contributed by atoms with E-state index in [1.165, 1.54) is 24.1 Å². The van der Waals surface area contributed by atoms with Crippen LogP contribution in [0.1, 0.15) is 19.4 Å². The molecule has 0 radical (unpaired) electrons. The predicted octanol–water partition coefficient (Wildman–Crippen LogP) is 2.75. The second-order valence-electron chi connectivity index (χ2n) is 3.63. The molecular formula is C13H16FN3O. The molecule has 1 rings (SSSR count). The Balaban J connectivity index is 3.41. The Morgan fingerprint density at radius 3 is 2.61 bits per heavy atom. The number of hydrogen-bond donors (Lipinski definition) is 2. The quantitative estimate of drug-likeness (QED) is 0.806. The van der Waals surface area contributed by atoms with Gasteiger partial charge in [-0.1, -0.05) is 6.08 Å². The van der Waals surface area contributed by atoms with Gasteiger partial charge in [-0.15, -0.1) is 0 Å². The summed E-state index contributed by atoms with van der Waals surface area (Å²) >= 11 is 0. The van der Waals surface area contributed by atoms with Crippen LogP contribution in [0, 0.1) is 11.2 Å². The Bertz CT molecular complexity index is 497. The molecule has 96 valence electrons. The monoisotopic (exact) mass is 249 g/mol. The number of amides is 1. The van der Waals surface area contributed by atoms with E-state index < -0.39 is 5.82 Å². The van der Waals surface area contributed by atoms with Crippen LogP contribution in [0.4, 0.5) is 15.8 Å². The van der Waals surface area contributed by atoms with Crippen LogP contribution in [0.25, 0.3) is 0 Å². The molecule has 0 heterocycles. The van der Waals surface area contributed by atoms with Crippen LogP contribution in [-0.4, -0.2) is 19.2 Å². The molecule has 1 aromatic carbocycles. The van der Waals surface area contributed by atoms with Crippen LogP contribution in [0.15, 0.2) is 24.4 Å². The van der Waals surface area contributed by atoms with E-state index >= 15 is 0 Å². The second kappa shape index (κ2) is 5.95. The lowest BCUT2D eigenvalue weighted by Crippen LogP contribution is -2.23. The van der Waals surface area contributed by atoms with E-state index in [1.807, 2.05) is 0 Å². The van der Waals surface area contributed by atoms with E-state index in [0.717, 1.165) is 6.21 Å². The van der Waals surface area contributed by atoms with Gasteiger partial charge in [0, 0.05) is 32.1 Å². The average molecular weight is 249 g/mol. The van der Waals surface area contributed by atoms with Gasteiger partial charge in [-0.25, -0.2) is 4.39 Å². The number of halogens is 1. The fourth-order valence-corrected chi connectivity index (χ4v) is 1.63. The maximum atomic E-state index is 14.2. The van der Waals surface area contributed by atoms with Gasteiger partial charge in [-0.05, 0) is 19.1 Å². The van der Waals surface area contributed by atoms with Crippen LogP contribution in [0.2, 0.25) is 0 Å². The summed E-state index contributed by atoms with van der Waals surface area (Å²) in [7, 11) is 1.65. The Labute approximate surface area is 106 Å². The van der Waals surface area contributed by atoms with Crippen LogP contribution >= 0.6 is 0 Å². The van der Waals surface area contributed by atoms with Crippen LogP contribution in [-0.2, 0) is 4.79 Å². The molecule has 0 spiro atoms. The minimum Gasteiger partial charge on any atom is -0.388 e. The topological polar surface area (TPSA) is 56.2 Å². The third-order valence-corrected chi connectivity index (χ3v) is 2.47. The summed E-state index contributed by atoms with van der Waals surface area (Å²) in [5.74, 6) is -0.884. The highest BCUT2D eigenvalue weighted by Gasteiger charge is 2.17. The van der Waals surface area contributed by atoms with Gasteiger partial charge in [0.25, 0.3) is 0 Å². The van der Waals surface area contributed by atoms with Crippen molar-refractivity contribution in [2.24, 2.45) is 0 Å². The van der Waals surface area contributed by atoms with Gasteiger partial charge in [-0.2, -0.15) is 0 Å². The molecular weight excluding hydrogens is 233 g/mol. The van der Waals surface area contributed by atoms with Gasteiger partial charge in [-0.3, -0.25) is 9.69 Å². The summed E-state index contributed by atoms with van der Waals surface area (Å²) in [4.78, 5) is 12.7. The number of carbonyl (C=O) groups excluding carboxylic acids is 1. The van der Waals surface area contributed by atoms with E-state index in [0.29, 0.717) is 5.69 Å². The Hall–Kier alpha value is -2.17. The predicted molar refractivity (Wildman–Crippen MR) is 71.8 cm³/mol. The van der Waals surface area contributed by atoms with Crippen molar-refractivity contribution in [3.63, 3.8) is 0 Å². The minimum atomic E-state index is -0.592. The van der Waals surface area contributed by atoms with Crippen molar-refractivity contribution >= 4 is 23.5 Å². The lowest BCUT2D eigenvalue weighted by molar-refractivity contribution is -0.116. The summed E-state index contributed by atoms with van der Waals surface area (Å²) in [5.41, 5.74) is 0.777. The molecule has 0 aromatic heterocycles. The molecule has 4 nitrogen and oxygen atoms in total. The number of carbonyl (C=O) groups is 1. The first kappa shape index (κ1) is 13.9. The zero-order chi connectivity index (χ0) is 13.7. The molecule has 18 heavy (non-hydrogen) atoms. The molecule has 0 fully saturated rings. The normalized spacial score (nSPS) is 10.4. The molecule has 0 aliphatic carbocycles. The van der Waals surface area contributed by atoms with Crippen molar-refractivity contribution in [1.29, 1.82) is 5.41 Å². The fraction of sp³-hybridized carbons (Fsp3) is 0.231. The van der Waals surface area contributed by atoms with Crippen LogP contribution in [0.5, 0.6) is 0 Å². The first-order valence-electron chi connectivity index (χ1n) is 5.50. The zero-order valence-corrected chi connectivity index (χ0v) is 10.6. The van der Waals surface area contributed by atoms with Crippen LogP contribution in [0.3, 0.4) is 0 Å². The number of nitrogens with zero attached hydrogens (tertiary/aromatic N) is 1. The maximum Gasteiger partial charge on any atom is 0.228 e. The van der Waals surface area contributed by atoms with Crippen molar-refractivity contribution in [3.05, 3.63) is 35.8 Å². The number of anilines is 2. The van der Waals surface area contributed by atoms with Crippen molar-refractivity contribution in [3.8, 4) is 0 Å². The standard InChI is InChI=1S/C13H16FN3O/c1-4-7-17(9(2)18)12-6-5-11(16-3)10(8-15)13(12)14/h4-8,15-16H,1-3H3/b7-4-,15-8?. The smallest absolute Gasteiger partial charge is 0.228 e. The molecule has 0 unspecified atom stereocenters. The van der Waals surface area contributed by atoms with Gasteiger partial charge in [0.05, 0.1) is 11.3 Å². The molecule has 0 saturated carbocycles. The molecule has 0 saturated heterocycles. The molecule has 0 atom stereocenters. The number of benzene rings is 1. The largest absolute Gasteiger partial charge is 0.388 e. The lowest BCUT2D eigenvalue weighted by atomic mass is 10.1. The SMILES string of the molecule is C/C=C\N(C(C)=O)c1ccc(NC)c(C=N)c1F. The molecule has 2 N–H and O–H groups in total. The van der Waals surface area contributed by atoms with E-state index in [4.69, 9.17) is 5.41 Å². The van der Waals surface area contributed by atoms with Gasteiger partial charge in [0.2, 0.25) is 5.91 Å². The van der Waals surface area contributed by atoms with Crippen LogP contribution < -0.4 is 10.2 Å². The Kier molecular flexibility index (Phi) is 4.59. The van der Waals surface area contributed by atoms with Gasteiger partial charge in [0.1, 0.15) is 0 Å². The third-order valence-electron chi connectivity index (χ3n) is 2.47. The number of hydrogen-bond acceptors (Lipinski definition) is 3. The van der Waals surface area contributed by atoms with Crippen molar-refractivity contribution in [2.75, 3.05) is 17.3 Å². The summed E-state index contributed by atoms with van der Waals surface area (Å²) in [6.07, 6.45) is 4.07. The van der Waals surface area contributed by atoms with E-state index in [9.17, 15) is 9.18 Å². The highest BCUT2D eigenvalue weighted by molar-refractivity contribution is 5.96. The number of allylic oxidation sites excluding steroid dienone is 1.